The van der Waals surface area contributed by atoms with Gasteiger partial charge in [-0.3, -0.25) is 9.97 Å². The van der Waals surface area contributed by atoms with Gasteiger partial charge >= 0.3 is 0 Å². The molecule has 0 aliphatic carbocycles. The molecule has 3 rings (SSSR count). The zero-order chi connectivity index (χ0) is 10.8. The highest BCUT2D eigenvalue weighted by molar-refractivity contribution is 5.62. The summed E-state index contributed by atoms with van der Waals surface area (Å²) in [5.41, 5.74) is 3.29. The number of nitrogens with zero attached hydrogens (tertiary/aromatic N) is 2. The Hall–Kier alpha value is -1.74. The number of nitrogens with one attached hydrogen (secondary N) is 1. The second kappa shape index (κ2) is 5.06. The Kier molecular flexibility index (Phi) is 3.49. The van der Waals surface area contributed by atoms with Gasteiger partial charge in [0, 0.05) is 37.0 Å². The Morgan fingerprint density at radius 3 is 2.35 bits per heavy atom. The van der Waals surface area contributed by atoms with E-state index in [0.717, 1.165) is 30.0 Å². The molecule has 88 valence electrons. The Labute approximate surface area is 102 Å². The fourth-order valence-corrected chi connectivity index (χ4v) is 1.95. The predicted octanol–water partition coefficient (Wildman–Crippen LogP) is 2.47. The smallest absolute Gasteiger partial charge is 0.0921 e. The van der Waals surface area contributed by atoms with Crippen LogP contribution in [0.5, 0.6) is 0 Å². The molecule has 1 fully saturated rings. The van der Waals surface area contributed by atoms with E-state index < -0.39 is 0 Å². The number of hydrogen-bond donors (Lipinski definition) is 1. The zero-order valence-electron chi connectivity index (χ0n) is 8.93. The van der Waals surface area contributed by atoms with Crippen LogP contribution in [0.2, 0.25) is 0 Å². The topological polar surface area (TPSA) is 37.8 Å². The molecule has 3 nitrogen and oxygen atoms in total. The molecule has 0 radical (unpaired) electrons. The molecule has 17 heavy (non-hydrogen) atoms. The van der Waals surface area contributed by atoms with Crippen molar-refractivity contribution in [1.82, 2.24) is 15.3 Å². The largest absolute Gasteiger partial charge is 0.315 e. The maximum atomic E-state index is 4.47. The van der Waals surface area contributed by atoms with Crippen molar-refractivity contribution in [2.45, 2.75) is 13.3 Å². The maximum Gasteiger partial charge on any atom is 0.0921 e. The Bertz CT molecular complexity index is 478. The molecule has 1 aliphatic heterocycles. The number of rotatable bonds is 2. The lowest BCUT2D eigenvalue weighted by Gasteiger charge is -2.27. The highest BCUT2D eigenvalue weighted by Gasteiger charge is 2.23. The fraction of sp³-hybridized carbons (Fsp3) is 0.286. The summed E-state index contributed by atoms with van der Waals surface area (Å²) in [6, 6.07) is 10.3. The first kappa shape index (κ1) is 11.7. The molecule has 1 aliphatic rings. The normalized spacial score (nSPS) is 14.8. The quantitative estimate of drug-likeness (QED) is 0.856. The highest BCUT2D eigenvalue weighted by atomic mass is 15.0. The second-order valence-corrected chi connectivity index (χ2v) is 4.01. The molecule has 2 aromatic rings. The Morgan fingerprint density at radius 1 is 1.00 bits per heavy atom. The monoisotopic (exact) mass is 227 g/mol. The van der Waals surface area contributed by atoms with Crippen LogP contribution in [-0.4, -0.2) is 23.1 Å². The third-order valence-corrected chi connectivity index (χ3v) is 2.94. The van der Waals surface area contributed by atoms with Crippen LogP contribution < -0.4 is 5.32 Å². The van der Waals surface area contributed by atoms with Crippen LogP contribution in [0.1, 0.15) is 19.0 Å². The lowest BCUT2D eigenvalue weighted by atomic mass is 9.95. The number of benzene rings is 1. The maximum absolute atomic E-state index is 4.47. The van der Waals surface area contributed by atoms with Gasteiger partial charge in [0.05, 0.1) is 11.4 Å². The molecule has 0 bridgehead atoms. The van der Waals surface area contributed by atoms with Crippen molar-refractivity contribution < 1.29 is 0 Å². The van der Waals surface area contributed by atoms with Gasteiger partial charge in [0.2, 0.25) is 0 Å². The summed E-state index contributed by atoms with van der Waals surface area (Å²) in [5, 5.41) is 3.27. The van der Waals surface area contributed by atoms with E-state index in [1.54, 1.807) is 12.4 Å². The first-order valence-electron chi connectivity index (χ1n) is 5.52. The molecule has 1 saturated heterocycles. The first-order chi connectivity index (χ1) is 7.95. The summed E-state index contributed by atoms with van der Waals surface area (Å²) in [7, 11) is 0. The van der Waals surface area contributed by atoms with Crippen molar-refractivity contribution in [1.29, 1.82) is 0 Å². The third kappa shape index (κ3) is 2.19. The molecule has 0 atom stereocenters. The number of hydrogen-bond acceptors (Lipinski definition) is 3. The van der Waals surface area contributed by atoms with Crippen LogP contribution in [0, 0.1) is 0 Å². The van der Waals surface area contributed by atoms with Crippen molar-refractivity contribution >= 4 is 0 Å². The Balaban J connectivity index is 0.00000108. The van der Waals surface area contributed by atoms with Crippen LogP contribution in [0.25, 0.3) is 11.3 Å². The van der Waals surface area contributed by atoms with Gasteiger partial charge in [-0.15, -0.1) is 0 Å². The van der Waals surface area contributed by atoms with Gasteiger partial charge in [0.25, 0.3) is 0 Å². The minimum atomic E-state index is 0. The predicted molar refractivity (Wildman–Crippen MR) is 69.8 cm³/mol. The van der Waals surface area contributed by atoms with Crippen LogP contribution >= 0.6 is 0 Å². The van der Waals surface area contributed by atoms with E-state index >= 15 is 0 Å². The molecule has 0 amide bonds. The van der Waals surface area contributed by atoms with Gasteiger partial charge in [0.15, 0.2) is 0 Å². The van der Waals surface area contributed by atoms with Gasteiger partial charge < -0.3 is 5.32 Å². The highest BCUT2D eigenvalue weighted by Crippen LogP contribution is 2.27. The van der Waals surface area contributed by atoms with Gasteiger partial charge in [-0.1, -0.05) is 37.8 Å². The van der Waals surface area contributed by atoms with E-state index in [2.05, 4.69) is 27.4 Å². The Morgan fingerprint density at radius 2 is 1.71 bits per heavy atom. The van der Waals surface area contributed by atoms with Crippen molar-refractivity contribution in [3.8, 4) is 11.3 Å². The molecule has 1 N–H and O–H groups in total. The van der Waals surface area contributed by atoms with E-state index in [-0.39, 0.29) is 7.43 Å². The lowest BCUT2D eigenvalue weighted by Crippen LogP contribution is -2.40. The molecule has 3 heteroatoms. The summed E-state index contributed by atoms with van der Waals surface area (Å²) in [6.45, 7) is 2.02. The summed E-state index contributed by atoms with van der Waals surface area (Å²) in [5.74, 6) is 0.518. The molecule has 1 aromatic heterocycles. The second-order valence-electron chi connectivity index (χ2n) is 4.01. The van der Waals surface area contributed by atoms with Crippen molar-refractivity contribution in [3.63, 3.8) is 0 Å². The number of aromatic nitrogens is 2. The van der Waals surface area contributed by atoms with E-state index in [0.29, 0.717) is 5.92 Å². The molecular formula is C14H17N3. The van der Waals surface area contributed by atoms with Crippen molar-refractivity contribution in [2.75, 3.05) is 13.1 Å². The molecule has 2 heterocycles. The van der Waals surface area contributed by atoms with Gasteiger partial charge in [0.1, 0.15) is 0 Å². The minimum absolute atomic E-state index is 0. The third-order valence-electron chi connectivity index (χ3n) is 2.94. The molecule has 0 spiro atoms. The van der Waals surface area contributed by atoms with Gasteiger partial charge in [-0.2, -0.15) is 0 Å². The minimum Gasteiger partial charge on any atom is -0.315 e. The van der Waals surface area contributed by atoms with Crippen molar-refractivity contribution in [3.05, 3.63) is 48.4 Å². The van der Waals surface area contributed by atoms with E-state index in [1.807, 2.05) is 18.2 Å². The average molecular weight is 227 g/mol. The van der Waals surface area contributed by atoms with Crippen LogP contribution in [0.4, 0.5) is 0 Å². The summed E-state index contributed by atoms with van der Waals surface area (Å²) in [4.78, 5) is 8.94. The van der Waals surface area contributed by atoms with Gasteiger partial charge in [-0.25, -0.2) is 0 Å². The van der Waals surface area contributed by atoms with E-state index in [1.165, 1.54) is 0 Å². The molecule has 1 aromatic carbocycles. The van der Waals surface area contributed by atoms with Crippen LogP contribution in [0.3, 0.4) is 0 Å². The summed E-state index contributed by atoms with van der Waals surface area (Å²) < 4.78 is 0. The average Bonchev–Trinajstić information content (AvgIpc) is 2.29. The first-order valence-corrected chi connectivity index (χ1v) is 5.52. The molecular weight excluding hydrogens is 210 g/mol. The van der Waals surface area contributed by atoms with Gasteiger partial charge in [-0.05, 0) is 0 Å². The van der Waals surface area contributed by atoms with E-state index in [9.17, 15) is 0 Å². The summed E-state index contributed by atoms with van der Waals surface area (Å²) >= 11 is 0. The molecule has 0 unspecified atom stereocenters. The molecule has 0 saturated carbocycles. The van der Waals surface area contributed by atoms with Crippen LogP contribution in [0.15, 0.2) is 42.7 Å². The lowest BCUT2D eigenvalue weighted by molar-refractivity contribution is 0.439. The summed E-state index contributed by atoms with van der Waals surface area (Å²) in [6.07, 6.45) is 3.54. The SMILES string of the molecule is C.c1ccc(-c2nccnc2C2CNC2)cc1. The fourth-order valence-electron chi connectivity index (χ4n) is 1.95. The van der Waals surface area contributed by atoms with E-state index in [4.69, 9.17) is 0 Å². The zero-order valence-corrected chi connectivity index (χ0v) is 8.93. The van der Waals surface area contributed by atoms with Crippen LogP contribution in [-0.2, 0) is 0 Å². The standard InChI is InChI=1S/C13H13N3.CH4/c1-2-4-10(5-3-1)12-13(11-8-14-9-11)16-7-6-15-12;/h1-7,11,14H,8-9H2;1H4. The van der Waals surface area contributed by atoms with Crippen molar-refractivity contribution in [2.24, 2.45) is 0 Å².